The molecule has 0 fully saturated rings. The predicted molar refractivity (Wildman–Crippen MR) is 188 cm³/mol. The van der Waals surface area contributed by atoms with E-state index in [9.17, 15) is 9.90 Å². The van der Waals surface area contributed by atoms with E-state index in [1.807, 2.05) is 25.1 Å². The first-order valence-corrected chi connectivity index (χ1v) is 19.7. The predicted octanol–water partition coefficient (Wildman–Crippen LogP) is 8.68. The summed E-state index contributed by atoms with van der Waals surface area (Å²) in [5.41, 5.74) is 4.52. The lowest BCUT2D eigenvalue weighted by Crippen LogP contribution is -2.43. The molecule has 0 amide bonds. The zero-order valence-corrected chi connectivity index (χ0v) is 28.3. The summed E-state index contributed by atoms with van der Waals surface area (Å²) in [4.78, 5) is 14.0. The van der Waals surface area contributed by atoms with Gasteiger partial charge in [0.1, 0.15) is 5.60 Å². The Hall–Kier alpha value is -3.57. The summed E-state index contributed by atoms with van der Waals surface area (Å²) in [6.07, 6.45) is 2.40. The third kappa shape index (κ3) is 7.30. The number of carbonyl (C=O) groups is 1. The SMILES string of the molecule is CC1=C([C@@H](C)CCCOC(c2ccccc2)(c2ccccc2)c2ccccc2)C(=O)[C@H](CC[Si](C)(C)c2ccccc2)[C@H](O)C1. The van der Waals surface area contributed by atoms with Gasteiger partial charge in [-0.05, 0) is 60.8 Å². The molecule has 5 rings (SSSR count). The zero-order chi connectivity index (χ0) is 31.9. The number of aliphatic hydroxyl groups is 1. The van der Waals surface area contributed by atoms with Crippen molar-refractivity contribution in [3.63, 3.8) is 0 Å². The minimum atomic E-state index is -1.71. The van der Waals surface area contributed by atoms with Crippen molar-refractivity contribution < 1.29 is 14.6 Å². The number of ketones is 1. The normalized spacial score (nSPS) is 18.2. The van der Waals surface area contributed by atoms with E-state index in [1.54, 1.807) is 0 Å². The summed E-state index contributed by atoms with van der Waals surface area (Å²) in [5.74, 6) is -0.0560. The highest BCUT2D eigenvalue weighted by atomic mass is 28.3. The Balaban J connectivity index is 1.30. The average Bonchev–Trinajstić information content (AvgIpc) is 3.06. The molecular formula is C41H48O3Si. The molecule has 0 saturated carbocycles. The highest BCUT2D eigenvalue weighted by Gasteiger charge is 2.39. The van der Waals surface area contributed by atoms with Crippen LogP contribution in [0.2, 0.25) is 19.1 Å². The number of ether oxygens (including phenoxy) is 1. The molecule has 0 aromatic heterocycles. The molecule has 1 aliphatic carbocycles. The molecule has 0 heterocycles. The van der Waals surface area contributed by atoms with Gasteiger partial charge in [-0.25, -0.2) is 0 Å². The van der Waals surface area contributed by atoms with Crippen molar-refractivity contribution in [2.24, 2.45) is 11.8 Å². The van der Waals surface area contributed by atoms with E-state index < -0.39 is 19.8 Å². The molecule has 0 aliphatic heterocycles. The Morgan fingerprint density at radius 3 is 1.76 bits per heavy atom. The Morgan fingerprint density at radius 2 is 1.27 bits per heavy atom. The van der Waals surface area contributed by atoms with Gasteiger partial charge in [0.2, 0.25) is 0 Å². The first-order valence-electron chi connectivity index (χ1n) is 16.5. The lowest BCUT2D eigenvalue weighted by atomic mass is 9.75. The van der Waals surface area contributed by atoms with Crippen LogP contribution in [0.25, 0.3) is 0 Å². The van der Waals surface area contributed by atoms with Crippen LogP contribution >= 0.6 is 0 Å². The fourth-order valence-electron chi connectivity index (χ4n) is 7.22. The van der Waals surface area contributed by atoms with Gasteiger partial charge in [-0.15, -0.1) is 0 Å². The Labute approximate surface area is 271 Å². The molecule has 0 bridgehead atoms. The molecule has 234 valence electrons. The fourth-order valence-corrected chi connectivity index (χ4v) is 9.63. The number of allylic oxidation sites excluding steroid dienone is 1. The quantitative estimate of drug-likeness (QED) is 0.0929. The van der Waals surface area contributed by atoms with Gasteiger partial charge in [-0.2, -0.15) is 0 Å². The van der Waals surface area contributed by atoms with Crippen molar-refractivity contribution >= 4 is 19.0 Å². The Morgan fingerprint density at radius 1 is 0.800 bits per heavy atom. The maximum Gasteiger partial charge on any atom is 0.164 e. The number of carbonyl (C=O) groups excluding carboxylic acids is 1. The van der Waals surface area contributed by atoms with Crippen LogP contribution in [-0.4, -0.2) is 31.7 Å². The van der Waals surface area contributed by atoms with Crippen molar-refractivity contribution in [1.29, 1.82) is 0 Å². The Kier molecular flexibility index (Phi) is 10.7. The van der Waals surface area contributed by atoms with Gasteiger partial charge >= 0.3 is 0 Å². The Bertz CT molecular complexity index is 1450. The molecule has 4 aromatic carbocycles. The van der Waals surface area contributed by atoms with E-state index in [0.717, 1.165) is 53.1 Å². The molecule has 45 heavy (non-hydrogen) atoms. The molecule has 0 spiro atoms. The second-order valence-electron chi connectivity index (χ2n) is 13.4. The smallest absolute Gasteiger partial charge is 0.164 e. The van der Waals surface area contributed by atoms with E-state index in [2.05, 4.69) is 123 Å². The maximum absolute atomic E-state index is 14.0. The second-order valence-corrected chi connectivity index (χ2v) is 18.2. The number of Topliss-reactive ketones (excluding diaryl/α,β-unsaturated/α-hetero) is 1. The number of rotatable bonds is 13. The molecular weight excluding hydrogens is 569 g/mol. The van der Waals surface area contributed by atoms with Crippen molar-refractivity contribution in [2.75, 3.05) is 6.61 Å². The molecule has 1 aliphatic rings. The minimum Gasteiger partial charge on any atom is -0.392 e. The van der Waals surface area contributed by atoms with Gasteiger partial charge in [0.25, 0.3) is 0 Å². The van der Waals surface area contributed by atoms with Gasteiger partial charge in [0.05, 0.1) is 14.2 Å². The molecule has 0 radical (unpaired) electrons. The van der Waals surface area contributed by atoms with Crippen LogP contribution in [0.4, 0.5) is 0 Å². The van der Waals surface area contributed by atoms with Crippen LogP contribution in [0.15, 0.2) is 132 Å². The van der Waals surface area contributed by atoms with Crippen molar-refractivity contribution in [3.05, 3.63) is 149 Å². The number of aliphatic hydroxyl groups excluding tert-OH is 1. The first kappa shape index (κ1) is 32.8. The average molecular weight is 617 g/mol. The first-order chi connectivity index (χ1) is 21.7. The van der Waals surface area contributed by atoms with Gasteiger partial charge in [-0.3, -0.25) is 4.79 Å². The summed E-state index contributed by atoms with van der Waals surface area (Å²) >= 11 is 0. The largest absolute Gasteiger partial charge is 0.392 e. The third-order valence-electron chi connectivity index (χ3n) is 9.81. The minimum absolute atomic E-state index is 0.107. The van der Waals surface area contributed by atoms with Gasteiger partial charge < -0.3 is 9.84 Å². The van der Waals surface area contributed by atoms with Gasteiger partial charge in [0, 0.05) is 12.5 Å². The number of hydrogen-bond donors (Lipinski definition) is 1. The van der Waals surface area contributed by atoms with Gasteiger partial charge in [-0.1, -0.05) is 158 Å². The van der Waals surface area contributed by atoms with E-state index >= 15 is 0 Å². The van der Waals surface area contributed by atoms with Crippen molar-refractivity contribution in [1.82, 2.24) is 0 Å². The topological polar surface area (TPSA) is 46.5 Å². The van der Waals surface area contributed by atoms with E-state index in [-0.39, 0.29) is 17.6 Å². The number of hydrogen-bond acceptors (Lipinski definition) is 3. The van der Waals surface area contributed by atoms with E-state index in [4.69, 9.17) is 4.74 Å². The molecule has 3 atom stereocenters. The molecule has 0 unspecified atom stereocenters. The van der Waals surface area contributed by atoms with Crippen molar-refractivity contribution in [2.45, 2.75) is 70.4 Å². The fraction of sp³-hybridized carbons (Fsp3) is 0.341. The molecule has 4 heteroatoms. The summed E-state index contributed by atoms with van der Waals surface area (Å²) in [6.45, 7) is 9.49. The van der Waals surface area contributed by atoms with Crippen LogP contribution in [0.5, 0.6) is 0 Å². The van der Waals surface area contributed by atoms with E-state index in [1.165, 1.54) is 5.19 Å². The van der Waals surface area contributed by atoms with Crippen LogP contribution in [0.3, 0.4) is 0 Å². The highest BCUT2D eigenvalue weighted by Crippen LogP contribution is 2.41. The standard InChI is InChI=1S/C41H48O3Si/c1-31(39-32(2)30-38(42)37(40(39)43)27-29-45(3,4)36-25-15-8-16-26-36)18-17-28-44-41(33-19-9-5-10-20-33,34-21-11-6-12-22-34)35-23-13-7-14-24-35/h5-16,19-26,31,37-38,42H,17-18,27-30H2,1-4H3/t31-,37+,38+/m0/s1. The summed E-state index contributed by atoms with van der Waals surface area (Å²) < 4.78 is 7.00. The zero-order valence-electron chi connectivity index (χ0n) is 27.3. The second kappa shape index (κ2) is 14.7. The van der Waals surface area contributed by atoms with Crippen LogP contribution in [-0.2, 0) is 15.1 Å². The maximum atomic E-state index is 14.0. The lowest BCUT2D eigenvalue weighted by molar-refractivity contribution is -0.124. The van der Waals surface area contributed by atoms with E-state index in [0.29, 0.717) is 13.0 Å². The molecule has 3 nitrogen and oxygen atoms in total. The molecule has 4 aromatic rings. The summed E-state index contributed by atoms with van der Waals surface area (Å²) in [5, 5.41) is 12.4. The van der Waals surface area contributed by atoms with Crippen LogP contribution < -0.4 is 5.19 Å². The van der Waals surface area contributed by atoms with Crippen LogP contribution in [0.1, 0.15) is 56.2 Å². The monoisotopic (exact) mass is 616 g/mol. The summed E-state index contributed by atoms with van der Waals surface area (Å²) in [6, 6.07) is 43.1. The number of benzene rings is 4. The van der Waals surface area contributed by atoms with Gasteiger partial charge in [0.15, 0.2) is 5.78 Å². The third-order valence-corrected chi connectivity index (χ3v) is 13.2. The lowest BCUT2D eigenvalue weighted by Gasteiger charge is -2.36. The summed E-state index contributed by atoms with van der Waals surface area (Å²) in [7, 11) is -1.71. The molecule has 1 N–H and O–H groups in total. The van der Waals surface area contributed by atoms with Crippen molar-refractivity contribution in [3.8, 4) is 0 Å². The van der Waals surface area contributed by atoms with Crippen LogP contribution in [0, 0.1) is 11.8 Å². The highest BCUT2D eigenvalue weighted by molar-refractivity contribution is 6.89. The molecule has 0 saturated heterocycles.